The molecule has 26 heavy (non-hydrogen) atoms. The normalized spacial score (nSPS) is 47.8. The predicted octanol–water partition coefficient (Wildman–Crippen LogP) is 8.25. The summed E-state index contributed by atoms with van der Waals surface area (Å²) in [5.74, 6) is 8.82. The molecule has 4 fully saturated rings. The van der Waals surface area contributed by atoms with Crippen molar-refractivity contribution in [3.05, 3.63) is 0 Å². The van der Waals surface area contributed by atoms with E-state index >= 15 is 0 Å². The van der Waals surface area contributed by atoms with Crippen LogP contribution in [0.3, 0.4) is 0 Å². The summed E-state index contributed by atoms with van der Waals surface area (Å²) in [5.41, 5.74) is 0. The minimum absolute atomic E-state index is 1.02. The lowest BCUT2D eigenvalue weighted by Crippen LogP contribution is -2.28. The molecule has 4 rings (SSSR count). The second-order valence-electron chi connectivity index (χ2n) is 11.1. The molecule has 2 unspecified atom stereocenters. The molecule has 2 atom stereocenters. The third kappa shape index (κ3) is 4.70. The van der Waals surface area contributed by atoms with Crippen molar-refractivity contribution < 1.29 is 0 Å². The molecule has 0 spiro atoms. The van der Waals surface area contributed by atoms with Gasteiger partial charge in [-0.05, 0) is 92.3 Å². The fraction of sp³-hybridized carbons (Fsp3) is 1.00. The Kier molecular flexibility index (Phi) is 6.69. The van der Waals surface area contributed by atoms with E-state index in [-0.39, 0.29) is 0 Å². The summed E-state index contributed by atoms with van der Waals surface area (Å²) >= 11 is 0. The smallest absolute Gasteiger partial charge is 0.0355 e. The van der Waals surface area contributed by atoms with E-state index in [9.17, 15) is 0 Å². The Labute approximate surface area is 164 Å². The van der Waals surface area contributed by atoms with Crippen molar-refractivity contribution in [3.63, 3.8) is 0 Å². The largest absolute Gasteiger partial charge is 0.0651 e. The van der Waals surface area contributed by atoms with E-state index in [1.54, 1.807) is 83.5 Å². The molecule has 0 amide bonds. The summed E-state index contributed by atoms with van der Waals surface area (Å²) < 4.78 is 0. The fourth-order valence-electron chi connectivity index (χ4n) is 7.64. The van der Waals surface area contributed by atoms with Gasteiger partial charge in [0.05, 0.1) is 0 Å². The summed E-state index contributed by atoms with van der Waals surface area (Å²) in [5, 5.41) is 0. The monoisotopic (exact) mass is 358 g/mol. The molecule has 0 heterocycles. The number of hydrogen-bond donors (Lipinski definition) is 0. The fourth-order valence-corrected chi connectivity index (χ4v) is 7.64. The lowest BCUT2D eigenvalue weighted by atomic mass is 9.66. The van der Waals surface area contributed by atoms with Crippen LogP contribution in [0.15, 0.2) is 0 Å². The topological polar surface area (TPSA) is 0 Å². The Morgan fingerprint density at radius 1 is 0.538 bits per heavy atom. The number of rotatable bonds is 4. The standard InChI is InChI=1S/C26H46/c1-3-20-18-26(20)25-8-4-6-21(7-5-9-25)23-14-16-24(17-15-23)22-12-10-19(2)11-13-22/h19-26H,3-18H2,1-2H3. The first-order chi connectivity index (χ1) is 12.7. The first-order valence-corrected chi connectivity index (χ1v) is 12.7. The van der Waals surface area contributed by atoms with E-state index in [1.807, 2.05) is 0 Å². The van der Waals surface area contributed by atoms with Crippen LogP contribution in [0.4, 0.5) is 0 Å². The average molecular weight is 359 g/mol. The van der Waals surface area contributed by atoms with Gasteiger partial charge in [0.15, 0.2) is 0 Å². The summed E-state index contributed by atoms with van der Waals surface area (Å²) in [6, 6.07) is 0. The zero-order valence-electron chi connectivity index (χ0n) is 17.9. The average Bonchev–Trinajstić information content (AvgIpc) is 3.42. The summed E-state index contributed by atoms with van der Waals surface area (Å²) in [7, 11) is 0. The molecule has 0 nitrogen and oxygen atoms in total. The lowest BCUT2D eigenvalue weighted by Gasteiger charge is -2.40. The zero-order valence-corrected chi connectivity index (χ0v) is 17.9. The third-order valence-electron chi connectivity index (χ3n) is 9.62. The zero-order chi connectivity index (χ0) is 17.9. The van der Waals surface area contributed by atoms with Crippen LogP contribution < -0.4 is 0 Å². The molecule has 4 aliphatic carbocycles. The molecule has 0 aliphatic heterocycles. The van der Waals surface area contributed by atoms with Gasteiger partial charge in [-0.2, -0.15) is 0 Å². The second kappa shape index (κ2) is 9.00. The first kappa shape index (κ1) is 19.3. The van der Waals surface area contributed by atoms with Gasteiger partial charge in [0.2, 0.25) is 0 Å². The van der Waals surface area contributed by atoms with Gasteiger partial charge in [-0.3, -0.25) is 0 Å². The molecule has 0 aromatic carbocycles. The molecular weight excluding hydrogens is 312 g/mol. The molecule has 0 heteroatoms. The van der Waals surface area contributed by atoms with Crippen LogP contribution in [-0.4, -0.2) is 0 Å². The van der Waals surface area contributed by atoms with Gasteiger partial charge in [-0.15, -0.1) is 0 Å². The van der Waals surface area contributed by atoms with Crippen molar-refractivity contribution in [2.75, 3.05) is 0 Å². The van der Waals surface area contributed by atoms with Gasteiger partial charge in [-0.25, -0.2) is 0 Å². The van der Waals surface area contributed by atoms with E-state index in [1.165, 1.54) is 19.3 Å². The van der Waals surface area contributed by atoms with Crippen LogP contribution in [0, 0.1) is 47.3 Å². The highest BCUT2D eigenvalue weighted by molar-refractivity contribution is 4.91. The van der Waals surface area contributed by atoms with Crippen LogP contribution in [0.2, 0.25) is 0 Å². The quantitative estimate of drug-likeness (QED) is 0.474. The van der Waals surface area contributed by atoms with Crippen molar-refractivity contribution in [1.82, 2.24) is 0 Å². The van der Waals surface area contributed by atoms with Gasteiger partial charge in [0, 0.05) is 0 Å². The van der Waals surface area contributed by atoms with Crippen molar-refractivity contribution >= 4 is 0 Å². The summed E-state index contributed by atoms with van der Waals surface area (Å²) in [6.07, 6.45) is 25.0. The van der Waals surface area contributed by atoms with Crippen LogP contribution in [0.25, 0.3) is 0 Å². The summed E-state index contributed by atoms with van der Waals surface area (Å²) in [4.78, 5) is 0. The van der Waals surface area contributed by atoms with E-state index in [4.69, 9.17) is 0 Å². The highest BCUT2D eigenvalue weighted by Crippen LogP contribution is 2.51. The molecule has 0 aromatic heterocycles. The van der Waals surface area contributed by atoms with Crippen molar-refractivity contribution in [2.24, 2.45) is 47.3 Å². The molecule has 150 valence electrons. The molecule has 0 bridgehead atoms. The van der Waals surface area contributed by atoms with Crippen LogP contribution >= 0.6 is 0 Å². The van der Waals surface area contributed by atoms with Crippen molar-refractivity contribution in [1.29, 1.82) is 0 Å². The van der Waals surface area contributed by atoms with Gasteiger partial charge >= 0.3 is 0 Å². The minimum Gasteiger partial charge on any atom is -0.0651 e. The van der Waals surface area contributed by atoms with E-state index in [0.717, 1.165) is 47.3 Å². The van der Waals surface area contributed by atoms with Crippen LogP contribution in [0.5, 0.6) is 0 Å². The van der Waals surface area contributed by atoms with Crippen molar-refractivity contribution in [3.8, 4) is 0 Å². The molecule has 4 saturated carbocycles. The van der Waals surface area contributed by atoms with E-state index < -0.39 is 0 Å². The SMILES string of the molecule is CCC1CC1C1CCCC(C2CCC(C3CCC(C)CC3)CC2)CCC1. The molecule has 4 aliphatic rings. The molecule has 0 N–H and O–H groups in total. The van der Waals surface area contributed by atoms with Gasteiger partial charge in [0.1, 0.15) is 0 Å². The third-order valence-corrected chi connectivity index (χ3v) is 9.62. The van der Waals surface area contributed by atoms with E-state index in [0.29, 0.717) is 0 Å². The van der Waals surface area contributed by atoms with Gasteiger partial charge < -0.3 is 0 Å². The minimum atomic E-state index is 1.02. The maximum Gasteiger partial charge on any atom is -0.0355 e. The highest BCUT2D eigenvalue weighted by Gasteiger charge is 2.41. The Bertz CT molecular complexity index is 400. The lowest BCUT2D eigenvalue weighted by molar-refractivity contribution is 0.115. The maximum atomic E-state index is 2.47. The first-order valence-electron chi connectivity index (χ1n) is 12.7. The van der Waals surface area contributed by atoms with E-state index in [2.05, 4.69) is 13.8 Å². The van der Waals surface area contributed by atoms with Crippen LogP contribution in [-0.2, 0) is 0 Å². The molecule has 0 saturated heterocycles. The second-order valence-corrected chi connectivity index (χ2v) is 11.1. The Hall–Kier alpha value is 0. The molecular formula is C26H46. The van der Waals surface area contributed by atoms with Crippen LogP contribution in [0.1, 0.15) is 117 Å². The number of hydrogen-bond acceptors (Lipinski definition) is 0. The maximum absolute atomic E-state index is 2.47. The highest BCUT2D eigenvalue weighted by atomic mass is 14.5. The molecule has 0 radical (unpaired) electrons. The Morgan fingerprint density at radius 3 is 1.42 bits per heavy atom. The predicted molar refractivity (Wildman–Crippen MR) is 113 cm³/mol. The van der Waals surface area contributed by atoms with Crippen molar-refractivity contribution in [2.45, 2.75) is 117 Å². The Morgan fingerprint density at radius 2 is 0.962 bits per heavy atom. The molecule has 0 aromatic rings. The van der Waals surface area contributed by atoms with Gasteiger partial charge in [0.25, 0.3) is 0 Å². The van der Waals surface area contributed by atoms with Gasteiger partial charge in [-0.1, -0.05) is 71.6 Å². The summed E-state index contributed by atoms with van der Waals surface area (Å²) in [6.45, 7) is 4.88. The Balaban J connectivity index is 1.19.